The maximum Gasteiger partial charge on any atom is 0.225 e. The predicted octanol–water partition coefficient (Wildman–Crippen LogP) is 3.00. The fraction of sp³-hybridized carbons (Fsp3) is 0.667. The number of anilines is 1. The Morgan fingerprint density at radius 3 is 2.44 bits per heavy atom. The molecule has 0 saturated carbocycles. The summed E-state index contributed by atoms with van der Waals surface area (Å²) >= 11 is 3.40. The van der Waals surface area contributed by atoms with E-state index in [0.717, 1.165) is 35.8 Å². The Labute approximate surface area is 105 Å². The summed E-state index contributed by atoms with van der Waals surface area (Å²) in [5.41, 5.74) is 1.13. The number of halogens is 1. The van der Waals surface area contributed by atoms with Crippen LogP contribution in [0.2, 0.25) is 0 Å². The third-order valence-electron chi connectivity index (χ3n) is 3.32. The van der Waals surface area contributed by atoms with Crippen molar-refractivity contribution in [1.29, 1.82) is 0 Å². The van der Waals surface area contributed by atoms with Crippen LogP contribution in [0.25, 0.3) is 0 Å². The summed E-state index contributed by atoms with van der Waals surface area (Å²) < 4.78 is 0. The average molecular weight is 284 g/mol. The molecule has 0 amide bonds. The Kier molecular flexibility index (Phi) is 4.16. The van der Waals surface area contributed by atoms with Crippen molar-refractivity contribution < 1.29 is 0 Å². The number of aromatic nitrogens is 2. The van der Waals surface area contributed by atoms with E-state index in [0.29, 0.717) is 0 Å². The van der Waals surface area contributed by atoms with Crippen LogP contribution in [0.3, 0.4) is 0 Å². The molecule has 88 valence electrons. The molecule has 1 aromatic rings. The number of hydrogen-bond acceptors (Lipinski definition) is 3. The second kappa shape index (κ2) is 5.62. The minimum Gasteiger partial charge on any atom is -0.341 e. The van der Waals surface area contributed by atoms with E-state index in [9.17, 15) is 0 Å². The summed E-state index contributed by atoms with van der Waals surface area (Å²) in [5, 5.41) is 0.825. The van der Waals surface area contributed by atoms with E-state index in [1.54, 1.807) is 0 Å². The van der Waals surface area contributed by atoms with Gasteiger partial charge in [-0.2, -0.15) is 0 Å². The summed E-state index contributed by atoms with van der Waals surface area (Å²) in [4.78, 5) is 11.1. The van der Waals surface area contributed by atoms with Gasteiger partial charge in [-0.1, -0.05) is 29.3 Å². The Bertz CT molecular complexity index is 318. The first kappa shape index (κ1) is 11.8. The molecular weight excluding hydrogens is 266 g/mol. The van der Waals surface area contributed by atoms with Crippen LogP contribution in [0.1, 0.15) is 31.7 Å². The summed E-state index contributed by atoms with van der Waals surface area (Å²) in [6.07, 6.45) is 7.67. The first-order valence-electron chi connectivity index (χ1n) is 5.95. The Balaban J connectivity index is 1.97. The fourth-order valence-electron chi connectivity index (χ4n) is 2.12. The van der Waals surface area contributed by atoms with Gasteiger partial charge in [0.1, 0.15) is 0 Å². The van der Waals surface area contributed by atoms with Crippen LogP contribution in [0.4, 0.5) is 5.95 Å². The van der Waals surface area contributed by atoms with Crippen molar-refractivity contribution in [3.8, 4) is 0 Å². The quantitative estimate of drug-likeness (QED) is 0.799. The summed E-state index contributed by atoms with van der Waals surface area (Å²) in [5.74, 6) is 1.79. The van der Waals surface area contributed by atoms with Crippen molar-refractivity contribution in [3.63, 3.8) is 0 Å². The number of alkyl halides is 1. The molecule has 2 rings (SSSR count). The standard InChI is InChI=1S/C12H18BrN3/c1-2-10-3-5-16(6-4-10)12-14-8-11(7-13)9-15-12/h8-10H,2-7H2,1H3. The van der Waals surface area contributed by atoms with Crippen LogP contribution in [0.5, 0.6) is 0 Å². The highest BCUT2D eigenvalue weighted by Crippen LogP contribution is 2.22. The van der Waals surface area contributed by atoms with Crippen molar-refractivity contribution in [2.24, 2.45) is 5.92 Å². The zero-order valence-electron chi connectivity index (χ0n) is 9.69. The summed E-state index contributed by atoms with van der Waals surface area (Å²) in [7, 11) is 0. The van der Waals surface area contributed by atoms with Gasteiger partial charge in [-0.15, -0.1) is 0 Å². The highest BCUT2D eigenvalue weighted by Gasteiger charge is 2.19. The lowest BCUT2D eigenvalue weighted by atomic mass is 9.95. The van der Waals surface area contributed by atoms with Crippen LogP contribution in [0, 0.1) is 5.92 Å². The molecule has 1 aliphatic heterocycles. The topological polar surface area (TPSA) is 29.0 Å². The predicted molar refractivity (Wildman–Crippen MR) is 69.9 cm³/mol. The van der Waals surface area contributed by atoms with Gasteiger partial charge in [-0.25, -0.2) is 9.97 Å². The van der Waals surface area contributed by atoms with Crippen LogP contribution in [0.15, 0.2) is 12.4 Å². The molecule has 1 aliphatic rings. The molecule has 4 heteroatoms. The van der Waals surface area contributed by atoms with E-state index >= 15 is 0 Å². The smallest absolute Gasteiger partial charge is 0.225 e. The Morgan fingerprint density at radius 1 is 1.31 bits per heavy atom. The van der Waals surface area contributed by atoms with Gasteiger partial charge in [0.25, 0.3) is 0 Å². The van der Waals surface area contributed by atoms with Crippen LogP contribution in [-0.2, 0) is 5.33 Å². The molecule has 1 aromatic heterocycles. The van der Waals surface area contributed by atoms with E-state index in [-0.39, 0.29) is 0 Å². The van der Waals surface area contributed by atoms with E-state index in [4.69, 9.17) is 0 Å². The van der Waals surface area contributed by atoms with Gasteiger partial charge in [0.05, 0.1) is 0 Å². The molecule has 0 bridgehead atoms. The average Bonchev–Trinajstić information content (AvgIpc) is 2.39. The number of piperidine rings is 1. The molecule has 16 heavy (non-hydrogen) atoms. The monoisotopic (exact) mass is 283 g/mol. The molecule has 0 spiro atoms. The van der Waals surface area contributed by atoms with Gasteiger partial charge in [-0.3, -0.25) is 0 Å². The Hall–Kier alpha value is -0.640. The van der Waals surface area contributed by atoms with Crippen molar-refractivity contribution in [3.05, 3.63) is 18.0 Å². The fourth-order valence-corrected chi connectivity index (χ4v) is 2.41. The lowest BCUT2D eigenvalue weighted by Crippen LogP contribution is -2.34. The zero-order valence-corrected chi connectivity index (χ0v) is 11.3. The second-order valence-corrected chi connectivity index (χ2v) is 4.92. The highest BCUT2D eigenvalue weighted by molar-refractivity contribution is 9.08. The lowest BCUT2D eigenvalue weighted by Gasteiger charge is -2.31. The van der Waals surface area contributed by atoms with Gasteiger partial charge in [0, 0.05) is 30.8 Å². The SMILES string of the molecule is CCC1CCN(c2ncc(CBr)cn2)CC1. The molecule has 0 aliphatic carbocycles. The molecule has 0 unspecified atom stereocenters. The van der Waals surface area contributed by atoms with Gasteiger partial charge in [0.15, 0.2) is 0 Å². The van der Waals surface area contributed by atoms with E-state index in [1.165, 1.54) is 19.3 Å². The first-order valence-corrected chi connectivity index (χ1v) is 7.07. The van der Waals surface area contributed by atoms with Gasteiger partial charge >= 0.3 is 0 Å². The molecule has 2 heterocycles. The highest BCUT2D eigenvalue weighted by atomic mass is 79.9. The number of nitrogens with zero attached hydrogens (tertiary/aromatic N) is 3. The molecule has 0 atom stereocenters. The van der Waals surface area contributed by atoms with Crippen molar-refractivity contribution in [1.82, 2.24) is 9.97 Å². The normalized spacial score (nSPS) is 17.8. The lowest BCUT2D eigenvalue weighted by molar-refractivity contribution is 0.392. The molecule has 0 N–H and O–H groups in total. The van der Waals surface area contributed by atoms with Crippen molar-refractivity contribution in [2.75, 3.05) is 18.0 Å². The minimum atomic E-state index is 0.825. The first-order chi connectivity index (χ1) is 7.83. The Morgan fingerprint density at radius 2 is 1.94 bits per heavy atom. The molecule has 1 fully saturated rings. The van der Waals surface area contributed by atoms with E-state index in [2.05, 4.69) is 37.7 Å². The number of rotatable bonds is 3. The summed E-state index contributed by atoms with van der Waals surface area (Å²) in [6, 6.07) is 0. The van der Waals surface area contributed by atoms with E-state index < -0.39 is 0 Å². The number of hydrogen-bond donors (Lipinski definition) is 0. The van der Waals surface area contributed by atoms with Crippen LogP contribution < -0.4 is 4.90 Å². The molecule has 0 aromatic carbocycles. The van der Waals surface area contributed by atoms with Crippen LogP contribution >= 0.6 is 15.9 Å². The van der Waals surface area contributed by atoms with Crippen molar-refractivity contribution in [2.45, 2.75) is 31.5 Å². The largest absolute Gasteiger partial charge is 0.341 e. The van der Waals surface area contributed by atoms with Crippen molar-refractivity contribution >= 4 is 21.9 Å². The third-order valence-corrected chi connectivity index (χ3v) is 3.97. The van der Waals surface area contributed by atoms with Crippen LogP contribution in [-0.4, -0.2) is 23.1 Å². The maximum absolute atomic E-state index is 4.41. The van der Waals surface area contributed by atoms with Gasteiger partial charge in [-0.05, 0) is 24.3 Å². The second-order valence-electron chi connectivity index (χ2n) is 4.36. The molecular formula is C12H18BrN3. The third kappa shape index (κ3) is 2.73. The molecule has 0 radical (unpaired) electrons. The molecule has 1 saturated heterocycles. The molecule has 3 nitrogen and oxygen atoms in total. The minimum absolute atomic E-state index is 0.825. The maximum atomic E-state index is 4.41. The zero-order chi connectivity index (χ0) is 11.4. The van der Waals surface area contributed by atoms with Gasteiger partial charge < -0.3 is 4.90 Å². The van der Waals surface area contributed by atoms with Gasteiger partial charge in [0.2, 0.25) is 5.95 Å². The van der Waals surface area contributed by atoms with E-state index in [1.807, 2.05) is 12.4 Å². The summed E-state index contributed by atoms with van der Waals surface area (Å²) in [6.45, 7) is 4.49.